The van der Waals surface area contributed by atoms with Crippen LogP contribution in [0.3, 0.4) is 0 Å². The summed E-state index contributed by atoms with van der Waals surface area (Å²) in [6.45, 7) is 4.11. The highest BCUT2D eigenvalue weighted by Crippen LogP contribution is 2.32. The number of aryl methyl sites for hydroxylation is 1. The van der Waals surface area contributed by atoms with Gasteiger partial charge in [0.05, 0.1) is 11.7 Å². The Morgan fingerprint density at radius 2 is 2.29 bits per heavy atom. The van der Waals surface area contributed by atoms with Crippen LogP contribution >= 0.6 is 0 Å². The number of H-pyrrole nitrogens is 1. The van der Waals surface area contributed by atoms with Crippen LogP contribution in [-0.2, 0) is 0 Å². The van der Waals surface area contributed by atoms with Crippen molar-refractivity contribution >= 4 is 10.9 Å². The summed E-state index contributed by atoms with van der Waals surface area (Å²) in [5.74, 6) is 0.442. The summed E-state index contributed by atoms with van der Waals surface area (Å²) in [6, 6.07) is 4.45. The van der Waals surface area contributed by atoms with E-state index in [9.17, 15) is 0 Å². The standard InChI is InChI=1S/C13H18N4/c1-8-2-3-12-10(6-16-17-12)13(8)9-4-5-15-7-11(9)14/h2-3,6,9,11,15H,4-5,7,14H2,1H3,(H,16,17). The third kappa shape index (κ3) is 1.73. The topological polar surface area (TPSA) is 66.7 Å². The van der Waals surface area contributed by atoms with Crippen LogP contribution in [0.4, 0.5) is 0 Å². The summed E-state index contributed by atoms with van der Waals surface area (Å²) in [6.07, 6.45) is 3.03. The maximum atomic E-state index is 6.25. The summed E-state index contributed by atoms with van der Waals surface area (Å²) >= 11 is 0. The third-order valence-corrected chi connectivity index (χ3v) is 3.78. The molecule has 1 aromatic heterocycles. The number of rotatable bonds is 1. The van der Waals surface area contributed by atoms with Gasteiger partial charge in [-0.2, -0.15) is 5.10 Å². The first-order valence-electron chi connectivity index (χ1n) is 6.16. The second kappa shape index (κ2) is 4.13. The van der Waals surface area contributed by atoms with Crippen LogP contribution in [0, 0.1) is 6.92 Å². The highest BCUT2D eigenvalue weighted by atomic mass is 15.1. The summed E-state index contributed by atoms with van der Waals surface area (Å²) < 4.78 is 0. The summed E-state index contributed by atoms with van der Waals surface area (Å²) in [5, 5.41) is 11.8. The molecule has 0 aliphatic carbocycles. The average Bonchev–Trinajstić information content (AvgIpc) is 2.79. The Balaban J connectivity index is 2.14. The number of nitrogens with zero attached hydrogens (tertiary/aromatic N) is 1. The second-order valence-corrected chi connectivity index (χ2v) is 4.89. The molecule has 1 saturated heterocycles. The lowest BCUT2D eigenvalue weighted by molar-refractivity contribution is 0.404. The molecule has 0 spiro atoms. The van der Waals surface area contributed by atoms with Crippen molar-refractivity contribution in [1.82, 2.24) is 15.5 Å². The van der Waals surface area contributed by atoms with Crippen molar-refractivity contribution < 1.29 is 0 Å². The average molecular weight is 230 g/mol. The zero-order chi connectivity index (χ0) is 11.8. The number of nitrogens with one attached hydrogen (secondary N) is 2. The van der Waals surface area contributed by atoms with Crippen molar-refractivity contribution in [2.45, 2.75) is 25.3 Å². The molecule has 2 heterocycles. The van der Waals surface area contributed by atoms with E-state index in [0.29, 0.717) is 5.92 Å². The molecule has 4 nitrogen and oxygen atoms in total. The molecule has 2 atom stereocenters. The lowest BCUT2D eigenvalue weighted by Crippen LogP contribution is -2.45. The molecule has 4 N–H and O–H groups in total. The Labute approximate surface area is 101 Å². The van der Waals surface area contributed by atoms with Crippen molar-refractivity contribution in [3.8, 4) is 0 Å². The molecule has 90 valence electrons. The fourth-order valence-electron chi connectivity index (χ4n) is 2.88. The van der Waals surface area contributed by atoms with Gasteiger partial charge in [0, 0.05) is 23.9 Å². The molecule has 0 saturated carbocycles. The lowest BCUT2D eigenvalue weighted by Gasteiger charge is -2.31. The van der Waals surface area contributed by atoms with E-state index in [0.717, 1.165) is 25.0 Å². The van der Waals surface area contributed by atoms with Gasteiger partial charge >= 0.3 is 0 Å². The Hall–Kier alpha value is -1.39. The van der Waals surface area contributed by atoms with Gasteiger partial charge in [0.2, 0.25) is 0 Å². The summed E-state index contributed by atoms with van der Waals surface area (Å²) in [7, 11) is 0. The molecule has 4 heteroatoms. The van der Waals surface area contributed by atoms with E-state index in [-0.39, 0.29) is 6.04 Å². The SMILES string of the molecule is Cc1ccc2[nH]ncc2c1C1CCNCC1N. The first kappa shape index (κ1) is 10.7. The van der Waals surface area contributed by atoms with Gasteiger partial charge in [-0.3, -0.25) is 5.10 Å². The maximum Gasteiger partial charge on any atom is 0.0653 e. The first-order chi connectivity index (χ1) is 8.27. The zero-order valence-corrected chi connectivity index (χ0v) is 10.0. The molecule has 0 amide bonds. The fourth-order valence-corrected chi connectivity index (χ4v) is 2.88. The second-order valence-electron chi connectivity index (χ2n) is 4.89. The van der Waals surface area contributed by atoms with E-state index in [1.807, 2.05) is 6.20 Å². The fraction of sp³-hybridized carbons (Fsp3) is 0.462. The van der Waals surface area contributed by atoms with Crippen molar-refractivity contribution in [3.63, 3.8) is 0 Å². The van der Waals surface area contributed by atoms with Gasteiger partial charge in [-0.15, -0.1) is 0 Å². The molecule has 0 radical (unpaired) electrons. The van der Waals surface area contributed by atoms with Gasteiger partial charge in [-0.25, -0.2) is 0 Å². The van der Waals surface area contributed by atoms with Crippen LogP contribution in [0.5, 0.6) is 0 Å². The minimum Gasteiger partial charge on any atom is -0.326 e. The predicted molar refractivity (Wildman–Crippen MR) is 69.0 cm³/mol. The summed E-state index contributed by atoms with van der Waals surface area (Å²) in [4.78, 5) is 0. The molecule has 1 aliphatic heterocycles. The minimum atomic E-state index is 0.197. The quantitative estimate of drug-likeness (QED) is 0.691. The third-order valence-electron chi connectivity index (χ3n) is 3.78. The van der Waals surface area contributed by atoms with Crippen LogP contribution in [0.25, 0.3) is 10.9 Å². The van der Waals surface area contributed by atoms with E-state index in [2.05, 4.69) is 34.6 Å². The monoisotopic (exact) mass is 230 g/mol. The van der Waals surface area contributed by atoms with Crippen molar-refractivity contribution in [2.24, 2.45) is 5.73 Å². The van der Waals surface area contributed by atoms with Crippen LogP contribution in [0.1, 0.15) is 23.5 Å². The number of benzene rings is 1. The van der Waals surface area contributed by atoms with E-state index < -0.39 is 0 Å². The molecule has 3 rings (SSSR count). The number of hydrogen-bond donors (Lipinski definition) is 3. The molecule has 1 aromatic carbocycles. The van der Waals surface area contributed by atoms with E-state index in [1.54, 1.807) is 0 Å². The number of fused-ring (bicyclic) bond motifs is 1. The van der Waals surface area contributed by atoms with Crippen molar-refractivity contribution in [2.75, 3.05) is 13.1 Å². The Morgan fingerprint density at radius 3 is 3.12 bits per heavy atom. The van der Waals surface area contributed by atoms with Crippen LogP contribution in [-0.4, -0.2) is 29.3 Å². The van der Waals surface area contributed by atoms with Gasteiger partial charge in [-0.1, -0.05) is 6.07 Å². The molecule has 17 heavy (non-hydrogen) atoms. The molecule has 1 aliphatic rings. The maximum absolute atomic E-state index is 6.25. The van der Waals surface area contributed by atoms with Crippen molar-refractivity contribution in [1.29, 1.82) is 0 Å². The van der Waals surface area contributed by atoms with Gasteiger partial charge in [0.15, 0.2) is 0 Å². The molecule has 0 bridgehead atoms. The zero-order valence-electron chi connectivity index (χ0n) is 10.0. The molecule has 2 aromatic rings. The Bertz CT molecular complexity index is 531. The molecular weight excluding hydrogens is 212 g/mol. The smallest absolute Gasteiger partial charge is 0.0653 e. The van der Waals surface area contributed by atoms with Crippen molar-refractivity contribution in [3.05, 3.63) is 29.5 Å². The van der Waals surface area contributed by atoms with Crippen LogP contribution < -0.4 is 11.1 Å². The first-order valence-corrected chi connectivity index (χ1v) is 6.16. The molecule has 1 fully saturated rings. The van der Waals surface area contributed by atoms with Crippen LogP contribution in [0.15, 0.2) is 18.3 Å². The van der Waals surface area contributed by atoms with Gasteiger partial charge in [-0.05, 0) is 37.1 Å². The van der Waals surface area contributed by atoms with Gasteiger partial charge < -0.3 is 11.1 Å². The largest absolute Gasteiger partial charge is 0.326 e. The number of hydrogen-bond acceptors (Lipinski definition) is 3. The van der Waals surface area contributed by atoms with Crippen LogP contribution in [0.2, 0.25) is 0 Å². The van der Waals surface area contributed by atoms with E-state index in [4.69, 9.17) is 5.73 Å². The Kier molecular flexibility index (Phi) is 2.61. The van der Waals surface area contributed by atoms with E-state index in [1.165, 1.54) is 16.5 Å². The highest BCUT2D eigenvalue weighted by molar-refractivity contribution is 5.83. The predicted octanol–water partition coefficient (Wildman–Crippen LogP) is 1.28. The van der Waals surface area contributed by atoms with E-state index >= 15 is 0 Å². The highest BCUT2D eigenvalue weighted by Gasteiger charge is 2.26. The number of piperidine rings is 1. The lowest BCUT2D eigenvalue weighted by atomic mass is 9.82. The number of aromatic nitrogens is 2. The number of nitrogens with two attached hydrogens (primary N) is 1. The molecule has 2 unspecified atom stereocenters. The van der Waals surface area contributed by atoms with Gasteiger partial charge in [0.25, 0.3) is 0 Å². The normalized spacial score (nSPS) is 25.3. The van der Waals surface area contributed by atoms with Gasteiger partial charge in [0.1, 0.15) is 0 Å². The number of aromatic amines is 1. The molecular formula is C13H18N4. The Morgan fingerprint density at radius 1 is 1.41 bits per heavy atom. The minimum absolute atomic E-state index is 0.197. The summed E-state index contributed by atoms with van der Waals surface area (Å²) in [5.41, 5.74) is 10.1.